The Morgan fingerprint density at radius 2 is 1.61 bits per heavy atom. The molecular weight excluding hydrogens is 414 g/mol. The maximum Gasteiger partial charge on any atom is 0.255 e. The van der Waals surface area contributed by atoms with E-state index in [1.165, 1.54) is 4.90 Å². The number of nitrogens with zero attached hydrogens (tertiary/aromatic N) is 3. The fraction of sp³-hybridized carbons (Fsp3) is 0.259. The molecule has 3 aromatic carbocycles. The summed E-state index contributed by atoms with van der Waals surface area (Å²) >= 11 is 0. The van der Waals surface area contributed by atoms with Gasteiger partial charge in [-0.3, -0.25) is 19.4 Å². The lowest BCUT2D eigenvalue weighted by molar-refractivity contribution is -0.128. The molecule has 3 aromatic rings. The number of rotatable bonds is 5. The van der Waals surface area contributed by atoms with Crippen molar-refractivity contribution in [1.82, 2.24) is 0 Å². The van der Waals surface area contributed by atoms with E-state index in [1.54, 1.807) is 18.1 Å². The number of aryl methyl sites for hydroxylation is 2. The number of benzene rings is 3. The predicted molar refractivity (Wildman–Crippen MR) is 132 cm³/mol. The van der Waals surface area contributed by atoms with Gasteiger partial charge >= 0.3 is 0 Å². The van der Waals surface area contributed by atoms with Crippen molar-refractivity contribution >= 4 is 28.9 Å². The molecule has 170 valence electrons. The first-order chi connectivity index (χ1) is 15.8. The summed E-state index contributed by atoms with van der Waals surface area (Å²) in [6.07, 6.45) is 0. The first kappa shape index (κ1) is 22.4. The van der Waals surface area contributed by atoms with Gasteiger partial charge in [-0.05, 0) is 66.9 Å². The van der Waals surface area contributed by atoms with Gasteiger partial charge in [0.2, 0.25) is 5.91 Å². The Balaban J connectivity index is 1.84. The molecule has 0 spiro atoms. The number of carbonyl (C=O) groups excluding carboxylic acids is 2. The molecule has 6 nitrogen and oxygen atoms in total. The van der Waals surface area contributed by atoms with Gasteiger partial charge in [-0.15, -0.1) is 0 Å². The maximum absolute atomic E-state index is 14.0. The molecule has 1 saturated heterocycles. The van der Waals surface area contributed by atoms with Crippen molar-refractivity contribution in [3.63, 3.8) is 0 Å². The second-order valence-corrected chi connectivity index (χ2v) is 8.52. The lowest BCUT2D eigenvalue weighted by Gasteiger charge is -2.41. The van der Waals surface area contributed by atoms with Gasteiger partial charge in [0.1, 0.15) is 18.3 Å². The topological polar surface area (TPSA) is 53.1 Å². The molecule has 0 aromatic heterocycles. The van der Waals surface area contributed by atoms with E-state index < -0.39 is 6.04 Å². The Labute approximate surface area is 195 Å². The number of amides is 2. The van der Waals surface area contributed by atoms with Crippen molar-refractivity contribution < 1.29 is 14.3 Å². The Bertz CT molecular complexity index is 1190. The highest BCUT2D eigenvalue weighted by Gasteiger charge is 2.42. The van der Waals surface area contributed by atoms with Crippen LogP contribution in [0.5, 0.6) is 5.75 Å². The quantitative estimate of drug-likeness (QED) is 0.583. The van der Waals surface area contributed by atoms with Crippen molar-refractivity contribution in [1.29, 1.82) is 0 Å². The highest BCUT2D eigenvalue weighted by Crippen LogP contribution is 2.38. The van der Waals surface area contributed by atoms with Crippen LogP contribution in [0.3, 0.4) is 0 Å². The molecule has 33 heavy (non-hydrogen) atoms. The van der Waals surface area contributed by atoms with Crippen molar-refractivity contribution in [3.8, 4) is 5.75 Å². The number of anilines is 3. The molecular formula is C27H29N3O3. The largest absolute Gasteiger partial charge is 0.495 e. The standard InChI is InChI=1S/C27H29N3O3/c1-18-10-13-22(16-19(18)2)30-25(31)17-29(23-8-6-7-9-24(23)33-5)27(32)26(30)20-11-14-21(15-12-20)28(3)4/h6-16,26H,17H2,1-5H3/t26-/m1/s1. The van der Waals surface area contributed by atoms with Crippen LogP contribution in [0.2, 0.25) is 0 Å². The number of carbonyl (C=O) groups is 2. The van der Waals surface area contributed by atoms with Crippen LogP contribution in [-0.2, 0) is 9.59 Å². The van der Waals surface area contributed by atoms with Crippen molar-refractivity contribution in [2.45, 2.75) is 19.9 Å². The van der Waals surface area contributed by atoms with Gasteiger partial charge < -0.3 is 9.64 Å². The summed E-state index contributed by atoms with van der Waals surface area (Å²) in [5, 5.41) is 0. The first-order valence-electron chi connectivity index (χ1n) is 10.9. The predicted octanol–water partition coefficient (Wildman–Crippen LogP) is 4.50. The zero-order chi connectivity index (χ0) is 23.7. The minimum atomic E-state index is -0.783. The average Bonchev–Trinajstić information content (AvgIpc) is 2.82. The van der Waals surface area contributed by atoms with E-state index in [1.807, 2.05) is 93.5 Å². The smallest absolute Gasteiger partial charge is 0.255 e. The molecule has 0 unspecified atom stereocenters. The number of hydrogen-bond donors (Lipinski definition) is 0. The molecule has 1 atom stereocenters. The fourth-order valence-electron chi connectivity index (χ4n) is 4.16. The van der Waals surface area contributed by atoms with Gasteiger partial charge in [-0.2, -0.15) is 0 Å². The third kappa shape index (κ3) is 4.16. The summed E-state index contributed by atoms with van der Waals surface area (Å²) in [6.45, 7) is 3.98. The highest BCUT2D eigenvalue weighted by atomic mass is 16.5. The van der Waals surface area contributed by atoms with E-state index in [0.717, 1.165) is 28.1 Å². The lowest BCUT2D eigenvalue weighted by Crippen LogP contribution is -2.56. The van der Waals surface area contributed by atoms with E-state index in [2.05, 4.69) is 0 Å². The zero-order valence-electron chi connectivity index (χ0n) is 19.7. The second-order valence-electron chi connectivity index (χ2n) is 8.52. The third-order valence-electron chi connectivity index (χ3n) is 6.19. The van der Waals surface area contributed by atoms with Gasteiger partial charge in [0.15, 0.2) is 0 Å². The van der Waals surface area contributed by atoms with Crippen LogP contribution >= 0.6 is 0 Å². The van der Waals surface area contributed by atoms with Crippen LogP contribution < -0.4 is 19.4 Å². The lowest BCUT2D eigenvalue weighted by atomic mass is 9.98. The SMILES string of the molecule is COc1ccccc1N1CC(=O)N(c2ccc(C)c(C)c2)[C@H](c2ccc(N(C)C)cc2)C1=O. The number of hydrogen-bond acceptors (Lipinski definition) is 4. The molecule has 0 radical (unpaired) electrons. The molecule has 0 saturated carbocycles. The zero-order valence-corrected chi connectivity index (χ0v) is 19.7. The summed E-state index contributed by atoms with van der Waals surface area (Å²) in [4.78, 5) is 32.7. The molecule has 6 heteroatoms. The monoisotopic (exact) mass is 443 g/mol. The third-order valence-corrected chi connectivity index (χ3v) is 6.19. The minimum absolute atomic E-state index is 0.0571. The molecule has 4 rings (SSSR count). The number of ether oxygens (including phenoxy) is 1. The Morgan fingerprint density at radius 3 is 2.24 bits per heavy atom. The van der Waals surface area contributed by atoms with Gasteiger partial charge in [-0.25, -0.2) is 0 Å². The minimum Gasteiger partial charge on any atom is -0.495 e. The highest BCUT2D eigenvalue weighted by molar-refractivity contribution is 6.15. The molecule has 0 aliphatic carbocycles. The average molecular weight is 444 g/mol. The van der Waals surface area contributed by atoms with Gasteiger partial charge in [0.25, 0.3) is 5.91 Å². The number of methoxy groups -OCH3 is 1. The van der Waals surface area contributed by atoms with Gasteiger partial charge in [0.05, 0.1) is 12.8 Å². The summed E-state index contributed by atoms with van der Waals surface area (Å²) in [7, 11) is 5.50. The van der Waals surface area contributed by atoms with E-state index in [-0.39, 0.29) is 18.4 Å². The second kappa shape index (κ2) is 8.98. The van der Waals surface area contributed by atoms with Crippen LogP contribution in [0.25, 0.3) is 0 Å². The fourth-order valence-corrected chi connectivity index (χ4v) is 4.16. The normalized spacial score (nSPS) is 16.2. The van der Waals surface area contributed by atoms with E-state index in [4.69, 9.17) is 4.74 Å². The molecule has 1 aliphatic rings. The summed E-state index contributed by atoms with van der Waals surface area (Å²) < 4.78 is 5.48. The molecule has 0 bridgehead atoms. The van der Waals surface area contributed by atoms with Crippen molar-refractivity contribution in [2.75, 3.05) is 42.4 Å². The molecule has 1 heterocycles. The van der Waals surface area contributed by atoms with E-state index in [9.17, 15) is 9.59 Å². The van der Waals surface area contributed by atoms with E-state index >= 15 is 0 Å². The summed E-state index contributed by atoms with van der Waals surface area (Å²) in [5.74, 6) is 0.236. The number of para-hydroxylation sites is 2. The molecule has 0 N–H and O–H groups in total. The molecule has 2 amide bonds. The van der Waals surface area contributed by atoms with Crippen LogP contribution in [0.15, 0.2) is 66.7 Å². The Kier molecular flexibility index (Phi) is 6.09. The maximum atomic E-state index is 14.0. The van der Waals surface area contributed by atoms with Crippen LogP contribution in [0, 0.1) is 13.8 Å². The Morgan fingerprint density at radius 1 is 0.909 bits per heavy atom. The summed E-state index contributed by atoms with van der Waals surface area (Å²) in [5.41, 5.74) is 5.30. The Hall–Kier alpha value is -3.80. The van der Waals surface area contributed by atoms with Crippen LogP contribution in [-0.4, -0.2) is 39.6 Å². The van der Waals surface area contributed by atoms with Crippen LogP contribution in [0.1, 0.15) is 22.7 Å². The first-order valence-corrected chi connectivity index (χ1v) is 10.9. The van der Waals surface area contributed by atoms with Crippen molar-refractivity contribution in [2.24, 2.45) is 0 Å². The molecule has 1 fully saturated rings. The van der Waals surface area contributed by atoms with Crippen LogP contribution in [0.4, 0.5) is 17.1 Å². The van der Waals surface area contributed by atoms with Crippen molar-refractivity contribution in [3.05, 3.63) is 83.4 Å². The van der Waals surface area contributed by atoms with Gasteiger partial charge in [0, 0.05) is 25.5 Å². The van der Waals surface area contributed by atoms with E-state index in [0.29, 0.717) is 11.4 Å². The number of piperazine rings is 1. The summed E-state index contributed by atoms with van der Waals surface area (Å²) in [6, 6.07) is 20.1. The molecule has 1 aliphatic heterocycles. The van der Waals surface area contributed by atoms with Gasteiger partial charge in [-0.1, -0.05) is 30.3 Å².